The van der Waals surface area contributed by atoms with E-state index in [4.69, 9.17) is 0 Å². The summed E-state index contributed by atoms with van der Waals surface area (Å²) in [5, 5.41) is 3.63. The van der Waals surface area contributed by atoms with Gasteiger partial charge in [0.15, 0.2) is 0 Å². The van der Waals surface area contributed by atoms with Crippen LogP contribution in [0.4, 0.5) is 5.69 Å². The maximum atomic E-state index is 3.63. The van der Waals surface area contributed by atoms with Gasteiger partial charge in [-0.3, -0.25) is 0 Å². The molecule has 1 aromatic rings. The predicted molar refractivity (Wildman–Crippen MR) is 66.4 cm³/mol. The van der Waals surface area contributed by atoms with E-state index < -0.39 is 0 Å². The molecule has 0 aliphatic heterocycles. The van der Waals surface area contributed by atoms with Crippen molar-refractivity contribution in [3.63, 3.8) is 0 Å². The van der Waals surface area contributed by atoms with E-state index in [2.05, 4.69) is 37.4 Å². The lowest BCUT2D eigenvalue weighted by molar-refractivity contribution is 0.333. The number of hydrogen-bond donors (Lipinski definition) is 1. The average molecular weight is 203 g/mol. The van der Waals surface area contributed by atoms with Gasteiger partial charge in [-0.2, -0.15) is 0 Å². The summed E-state index contributed by atoms with van der Waals surface area (Å²) in [7, 11) is 0. The molecule has 0 heterocycles. The lowest BCUT2D eigenvalue weighted by Gasteiger charge is -2.27. The van der Waals surface area contributed by atoms with Gasteiger partial charge in [-0.15, -0.1) is 0 Å². The van der Waals surface area contributed by atoms with E-state index in [1.54, 1.807) is 0 Å². The van der Waals surface area contributed by atoms with Gasteiger partial charge in [-0.1, -0.05) is 31.5 Å². The molecule has 0 unspecified atom stereocenters. The molecule has 0 spiro atoms. The summed E-state index contributed by atoms with van der Waals surface area (Å²) in [6, 6.07) is 6.58. The van der Waals surface area contributed by atoms with Crippen molar-refractivity contribution >= 4 is 5.69 Å². The second-order valence-electron chi connectivity index (χ2n) is 4.64. The summed E-state index contributed by atoms with van der Waals surface area (Å²) < 4.78 is 0. The average Bonchev–Trinajstić information content (AvgIpc) is 2.17. The van der Waals surface area contributed by atoms with E-state index in [0.717, 1.165) is 18.9 Å². The van der Waals surface area contributed by atoms with Crippen LogP contribution in [0.2, 0.25) is 0 Å². The molecule has 1 aliphatic carbocycles. The van der Waals surface area contributed by atoms with Crippen molar-refractivity contribution < 1.29 is 0 Å². The van der Waals surface area contributed by atoms with Gasteiger partial charge in [-0.25, -0.2) is 0 Å². The summed E-state index contributed by atoms with van der Waals surface area (Å²) in [4.78, 5) is 0. The van der Waals surface area contributed by atoms with Gasteiger partial charge < -0.3 is 5.32 Å². The van der Waals surface area contributed by atoms with E-state index in [1.807, 2.05) is 0 Å². The normalized spacial score (nSPS) is 16.1. The molecule has 1 aliphatic rings. The molecule has 1 aromatic carbocycles. The molecule has 0 amide bonds. The Morgan fingerprint density at radius 3 is 2.73 bits per heavy atom. The van der Waals surface area contributed by atoms with E-state index in [-0.39, 0.29) is 0 Å². The number of nitrogens with one attached hydrogen (secondary N) is 1. The van der Waals surface area contributed by atoms with E-state index in [0.29, 0.717) is 0 Å². The summed E-state index contributed by atoms with van der Waals surface area (Å²) >= 11 is 0. The summed E-state index contributed by atoms with van der Waals surface area (Å²) in [6.45, 7) is 5.59. The largest absolute Gasteiger partial charge is 0.384 e. The minimum atomic E-state index is 0.925. The Balaban J connectivity index is 2.04. The molecule has 1 N–H and O–H groups in total. The van der Waals surface area contributed by atoms with Gasteiger partial charge in [-0.05, 0) is 43.2 Å². The van der Waals surface area contributed by atoms with Crippen LogP contribution in [-0.2, 0) is 6.42 Å². The van der Waals surface area contributed by atoms with Crippen molar-refractivity contribution in [1.82, 2.24) is 0 Å². The number of anilines is 1. The van der Waals surface area contributed by atoms with Crippen molar-refractivity contribution in [1.29, 1.82) is 0 Å². The Morgan fingerprint density at radius 1 is 1.33 bits per heavy atom. The van der Waals surface area contributed by atoms with Crippen LogP contribution in [0.1, 0.15) is 37.3 Å². The fourth-order valence-electron chi connectivity index (χ4n) is 2.22. The fraction of sp³-hybridized carbons (Fsp3) is 0.571. The zero-order valence-corrected chi connectivity index (χ0v) is 9.84. The van der Waals surface area contributed by atoms with E-state index in [1.165, 1.54) is 36.1 Å². The van der Waals surface area contributed by atoms with Crippen LogP contribution in [-0.4, -0.2) is 6.54 Å². The molecule has 0 aromatic heterocycles. The molecule has 1 fully saturated rings. The second kappa shape index (κ2) is 4.69. The number of hydrogen-bond acceptors (Lipinski definition) is 1. The predicted octanol–water partition coefficient (Wildman–Crippen LogP) is 3.77. The minimum absolute atomic E-state index is 0.925. The maximum absolute atomic E-state index is 3.63. The number of rotatable bonds is 4. The van der Waals surface area contributed by atoms with E-state index in [9.17, 15) is 0 Å². The quantitative estimate of drug-likeness (QED) is 0.785. The van der Waals surface area contributed by atoms with Crippen LogP contribution in [0.5, 0.6) is 0 Å². The maximum Gasteiger partial charge on any atom is 0.0402 e. The molecule has 0 radical (unpaired) electrons. The van der Waals surface area contributed by atoms with Crippen LogP contribution in [0.15, 0.2) is 18.2 Å². The second-order valence-corrected chi connectivity index (χ2v) is 4.64. The smallest absolute Gasteiger partial charge is 0.0402 e. The van der Waals surface area contributed by atoms with Crippen LogP contribution in [0.3, 0.4) is 0 Å². The monoisotopic (exact) mass is 203 g/mol. The third-order valence-corrected chi connectivity index (χ3v) is 3.53. The molecule has 15 heavy (non-hydrogen) atoms. The Bertz CT molecular complexity index is 326. The van der Waals surface area contributed by atoms with Gasteiger partial charge >= 0.3 is 0 Å². The summed E-state index contributed by atoms with van der Waals surface area (Å²) in [5.41, 5.74) is 4.22. The number of aryl methyl sites for hydroxylation is 2. The lowest BCUT2D eigenvalue weighted by atomic mass is 9.85. The van der Waals surface area contributed by atoms with Gasteiger partial charge in [0.2, 0.25) is 0 Å². The third kappa shape index (κ3) is 2.34. The highest BCUT2D eigenvalue weighted by Crippen LogP contribution is 2.28. The van der Waals surface area contributed by atoms with Crippen molar-refractivity contribution in [2.75, 3.05) is 11.9 Å². The van der Waals surface area contributed by atoms with Crippen LogP contribution in [0, 0.1) is 12.8 Å². The molecule has 0 bridgehead atoms. The standard InChI is InChI=1S/C14H21N/c1-3-13-9-4-6-11(2)14(13)15-10-12-7-5-8-12/h4,6,9,12,15H,3,5,7-8,10H2,1-2H3. The topological polar surface area (TPSA) is 12.0 Å². The van der Waals surface area contributed by atoms with Crippen LogP contribution >= 0.6 is 0 Å². The first-order valence-corrected chi connectivity index (χ1v) is 6.13. The van der Waals surface area contributed by atoms with Gasteiger partial charge in [0, 0.05) is 12.2 Å². The van der Waals surface area contributed by atoms with Gasteiger partial charge in [0.25, 0.3) is 0 Å². The molecule has 1 heteroatoms. The van der Waals surface area contributed by atoms with Crippen molar-refractivity contribution in [2.45, 2.75) is 39.5 Å². The van der Waals surface area contributed by atoms with Crippen LogP contribution in [0.25, 0.3) is 0 Å². The molecule has 0 saturated heterocycles. The Labute approximate surface area is 92.9 Å². The summed E-state index contributed by atoms with van der Waals surface area (Å²) in [5.74, 6) is 0.925. The SMILES string of the molecule is CCc1cccc(C)c1NCC1CCC1. The molecular formula is C14H21N. The minimum Gasteiger partial charge on any atom is -0.384 e. The van der Waals surface area contributed by atoms with E-state index >= 15 is 0 Å². The Morgan fingerprint density at radius 2 is 2.13 bits per heavy atom. The molecule has 82 valence electrons. The van der Waals surface area contributed by atoms with Gasteiger partial charge in [0.05, 0.1) is 0 Å². The fourth-order valence-corrected chi connectivity index (χ4v) is 2.22. The first-order valence-electron chi connectivity index (χ1n) is 6.13. The van der Waals surface area contributed by atoms with Crippen molar-refractivity contribution in [3.8, 4) is 0 Å². The highest BCUT2D eigenvalue weighted by molar-refractivity contribution is 5.57. The molecule has 1 nitrogen and oxygen atoms in total. The van der Waals surface area contributed by atoms with Crippen molar-refractivity contribution in [2.24, 2.45) is 5.92 Å². The first-order chi connectivity index (χ1) is 7.31. The number of para-hydroxylation sites is 1. The Kier molecular flexibility index (Phi) is 3.30. The molecular weight excluding hydrogens is 182 g/mol. The number of benzene rings is 1. The van der Waals surface area contributed by atoms with Gasteiger partial charge in [0.1, 0.15) is 0 Å². The highest BCUT2D eigenvalue weighted by Gasteiger charge is 2.17. The first kappa shape index (κ1) is 10.5. The highest BCUT2D eigenvalue weighted by atomic mass is 14.9. The van der Waals surface area contributed by atoms with Crippen LogP contribution < -0.4 is 5.32 Å². The Hall–Kier alpha value is -0.980. The van der Waals surface area contributed by atoms with Crippen molar-refractivity contribution in [3.05, 3.63) is 29.3 Å². The molecule has 0 atom stereocenters. The third-order valence-electron chi connectivity index (χ3n) is 3.53. The molecule has 2 rings (SSSR count). The zero-order chi connectivity index (χ0) is 10.7. The lowest BCUT2D eigenvalue weighted by Crippen LogP contribution is -2.21. The zero-order valence-electron chi connectivity index (χ0n) is 9.84. The summed E-state index contributed by atoms with van der Waals surface area (Å²) in [6.07, 6.45) is 5.39. The molecule has 1 saturated carbocycles.